The van der Waals surface area contributed by atoms with Gasteiger partial charge in [-0.1, -0.05) is 23.2 Å². The zero-order valence-corrected chi connectivity index (χ0v) is 12.2. The molecule has 1 aromatic carbocycles. The zero-order valence-electron chi connectivity index (χ0n) is 9.85. The zero-order chi connectivity index (χ0) is 13.4. The molecule has 96 valence electrons. The lowest BCUT2D eigenvalue weighted by atomic mass is 10.3. The molecule has 19 heavy (non-hydrogen) atoms. The summed E-state index contributed by atoms with van der Waals surface area (Å²) >= 11 is 13.6. The maximum absolute atomic E-state index is 6.09. The van der Waals surface area contributed by atoms with Gasteiger partial charge in [0.15, 0.2) is 5.58 Å². The van der Waals surface area contributed by atoms with Gasteiger partial charge in [-0.3, -0.25) is 0 Å². The molecule has 0 amide bonds. The molecular formula is C13H8Cl2N2OS. The molecule has 3 aromatic rings. The third-order valence-electron chi connectivity index (χ3n) is 2.61. The molecular weight excluding hydrogens is 303 g/mol. The van der Waals surface area contributed by atoms with Gasteiger partial charge in [0.05, 0.1) is 5.02 Å². The first-order chi connectivity index (χ1) is 9.17. The Morgan fingerprint density at radius 2 is 1.95 bits per heavy atom. The SMILES string of the molecule is CSc1ccc2oc(-c3nc(Cl)ccc3Cl)nc2c1. The summed E-state index contributed by atoms with van der Waals surface area (Å²) < 4.78 is 5.66. The molecule has 0 radical (unpaired) electrons. The first-order valence-electron chi connectivity index (χ1n) is 5.44. The molecule has 3 rings (SSSR count). The molecule has 3 nitrogen and oxygen atoms in total. The quantitative estimate of drug-likeness (QED) is 0.497. The molecule has 0 N–H and O–H groups in total. The predicted octanol–water partition coefficient (Wildman–Crippen LogP) is 4.92. The molecule has 0 bridgehead atoms. The largest absolute Gasteiger partial charge is 0.435 e. The maximum atomic E-state index is 6.09. The Morgan fingerprint density at radius 1 is 1.11 bits per heavy atom. The van der Waals surface area contributed by atoms with Crippen molar-refractivity contribution in [1.29, 1.82) is 0 Å². The van der Waals surface area contributed by atoms with E-state index in [1.807, 2.05) is 24.5 Å². The van der Waals surface area contributed by atoms with Gasteiger partial charge in [-0.2, -0.15) is 0 Å². The van der Waals surface area contributed by atoms with E-state index in [4.69, 9.17) is 27.6 Å². The molecule has 0 saturated heterocycles. The normalized spacial score (nSPS) is 11.1. The minimum Gasteiger partial charge on any atom is -0.435 e. The molecule has 0 aliphatic carbocycles. The first kappa shape index (κ1) is 12.8. The van der Waals surface area contributed by atoms with Crippen molar-refractivity contribution in [2.75, 3.05) is 6.26 Å². The van der Waals surface area contributed by atoms with Crippen LogP contribution in [0.4, 0.5) is 0 Å². The molecule has 0 aliphatic rings. The molecule has 0 spiro atoms. The van der Waals surface area contributed by atoms with Crippen LogP contribution in [0.2, 0.25) is 10.2 Å². The molecule has 0 unspecified atom stereocenters. The Balaban J connectivity index is 2.17. The van der Waals surface area contributed by atoms with Crippen molar-refractivity contribution in [3.8, 4) is 11.6 Å². The van der Waals surface area contributed by atoms with Crippen molar-refractivity contribution < 1.29 is 4.42 Å². The van der Waals surface area contributed by atoms with Gasteiger partial charge in [-0.05, 0) is 36.6 Å². The Kier molecular flexibility index (Phi) is 3.39. The number of nitrogens with zero attached hydrogens (tertiary/aromatic N) is 2. The third-order valence-corrected chi connectivity index (χ3v) is 3.85. The number of halogens is 2. The summed E-state index contributed by atoms with van der Waals surface area (Å²) in [5.41, 5.74) is 1.93. The highest BCUT2D eigenvalue weighted by atomic mass is 35.5. The van der Waals surface area contributed by atoms with Crippen molar-refractivity contribution >= 4 is 46.1 Å². The first-order valence-corrected chi connectivity index (χ1v) is 7.42. The van der Waals surface area contributed by atoms with Crippen LogP contribution in [0.5, 0.6) is 0 Å². The summed E-state index contributed by atoms with van der Waals surface area (Å²) in [6.45, 7) is 0. The van der Waals surface area contributed by atoms with Gasteiger partial charge in [0, 0.05) is 4.90 Å². The fourth-order valence-corrected chi connectivity index (χ4v) is 2.47. The third kappa shape index (κ3) is 2.43. The van der Waals surface area contributed by atoms with E-state index in [9.17, 15) is 0 Å². The standard InChI is InChI=1S/C13H8Cl2N2OS/c1-19-7-2-4-10-9(6-7)16-13(18-10)12-8(14)3-5-11(15)17-12/h2-6H,1H3. The minimum absolute atomic E-state index is 0.353. The van der Waals surface area contributed by atoms with E-state index < -0.39 is 0 Å². The molecule has 2 heterocycles. The number of oxazole rings is 1. The molecule has 0 fully saturated rings. The van der Waals surface area contributed by atoms with Crippen LogP contribution in [0.25, 0.3) is 22.7 Å². The van der Waals surface area contributed by atoms with E-state index in [0.717, 1.165) is 10.4 Å². The van der Waals surface area contributed by atoms with Gasteiger partial charge in [0.25, 0.3) is 0 Å². The molecule has 0 aliphatic heterocycles. The number of thioether (sulfide) groups is 1. The molecule has 6 heteroatoms. The van der Waals surface area contributed by atoms with E-state index >= 15 is 0 Å². The lowest BCUT2D eigenvalue weighted by Crippen LogP contribution is -1.85. The fraction of sp³-hybridized carbons (Fsp3) is 0.0769. The second kappa shape index (κ2) is 5.04. The molecule has 0 saturated carbocycles. The molecule has 2 aromatic heterocycles. The summed E-state index contributed by atoms with van der Waals surface area (Å²) in [4.78, 5) is 9.68. The monoisotopic (exact) mass is 310 g/mol. The summed E-state index contributed by atoms with van der Waals surface area (Å²) in [6, 6.07) is 9.13. The van der Waals surface area contributed by atoms with Crippen LogP contribution in [0.1, 0.15) is 0 Å². The van der Waals surface area contributed by atoms with Crippen molar-refractivity contribution in [1.82, 2.24) is 9.97 Å². The van der Waals surface area contributed by atoms with Crippen LogP contribution in [0.3, 0.4) is 0 Å². The number of hydrogen-bond acceptors (Lipinski definition) is 4. The van der Waals surface area contributed by atoms with Crippen LogP contribution in [-0.2, 0) is 0 Å². The second-order valence-electron chi connectivity index (χ2n) is 3.82. The van der Waals surface area contributed by atoms with Crippen molar-refractivity contribution in [2.24, 2.45) is 0 Å². The number of hydrogen-bond donors (Lipinski definition) is 0. The average molecular weight is 311 g/mol. The minimum atomic E-state index is 0.353. The van der Waals surface area contributed by atoms with Crippen LogP contribution in [0.15, 0.2) is 39.6 Å². The van der Waals surface area contributed by atoms with Crippen LogP contribution < -0.4 is 0 Å². The predicted molar refractivity (Wildman–Crippen MR) is 79.0 cm³/mol. The smallest absolute Gasteiger partial charge is 0.247 e. The van der Waals surface area contributed by atoms with E-state index in [1.165, 1.54) is 0 Å². The Bertz CT molecular complexity index is 757. The summed E-state index contributed by atoms with van der Waals surface area (Å²) in [5.74, 6) is 0.376. The van der Waals surface area contributed by atoms with Gasteiger partial charge in [0.1, 0.15) is 16.4 Å². The lowest BCUT2D eigenvalue weighted by Gasteiger charge is -1.98. The van der Waals surface area contributed by atoms with Crippen LogP contribution >= 0.6 is 35.0 Å². The topological polar surface area (TPSA) is 38.9 Å². The van der Waals surface area contributed by atoms with Crippen LogP contribution in [0, 0.1) is 0 Å². The van der Waals surface area contributed by atoms with E-state index in [1.54, 1.807) is 23.9 Å². The van der Waals surface area contributed by atoms with Gasteiger partial charge in [-0.25, -0.2) is 9.97 Å². The van der Waals surface area contributed by atoms with E-state index in [2.05, 4.69) is 9.97 Å². The van der Waals surface area contributed by atoms with Crippen LogP contribution in [-0.4, -0.2) is 16.2 Å². The number of aromatic nitrogens is 2. The van der Waals surface area contributed by atoms with E-state index in [0.29, 0.717) is 27.3 Å². The summed E-state index contributed by atoms with van der Waals surface area (Å²) in [5, 5.41) is 0.813. The van der Waals surface area contributed by atoms with Gasteiger partial charge >= 0.3 is 0 Å². The maximum Gasteiger partial charge on any atom is 0.247 e. The van der Waals surface area contributed by atoms with Gasteiger partial charge < -0.3 is 4.42 Å². The highest BCUT2D eigenvalue weighted by Gasteiger charge is 2.14. The fourth-order valence-electron chi connectivity index (χ4n) is 1.70. The van der Waals surface area contributed by atoms with Gasteiger partial charge in [0.2, 0.25) is 5.89 Å². The van der Waals surface area contributed by atoms with Gasteiger partial charge in [-0.15, -0.1) is 11.8 Å². The summed E-state index contributed by atoms with van der Waals surface area (Å²) in [6.07, 6.45) is 2.01. The van der Waals surface area contributed by atoms with Crippen molar-refractivity contribution in [3.05, 3.63) is 40.5 Å². The number of benzene rings is 1. The highest BCUT2D eigenvalue weighted by molar-refractivity contribution is 7.98. The Hall–Kier alpha value is -1.23. The second-order valence-corrected chi connectivity index (χ2v) is 5.49. The Morgan fingerprint density at radius 3 is 2.74 bits per heavy atom. The van der Waals surface area contributed by atoms with E-state index in [-0.39, 0.29) is 0 Å². The Labute approximate surface area is 123 Å². The van der Waals surface area contributed by atoms with Crippen molar-refractivity contribution in [2.45, 2.75) is 4.90 Å². The summed E-state index contributed by atoms with van der Waals surface area (Å²) in [7, 11) is 0. The lowest BCUT2D eigenvalue weighted by molar-refractivity contribution is 0.616. The number of rotatable bonds is 2. The highest BCUT2D eigenvalue weighted by Crippen LogP contribution is 2.30. The van der Waals surface area contributed by atoms with Crippen molar-refractivity contribution in [3.63, 3.8) is 0 Å². The molecule has 0 atom stereocenters. The number of pyridine rings is 1. The number of fused-ring (bicyclic) bond motifs is 1. The average Bonchev–Trinajstić information content (AvgIpc) is 2.83.